The average Bonchev–Trinajstić information content (AvgIpc) is 2.48. The maximum Gasteiger partial charge on any atom is 0.119 e. The Balaban J connectivity index is 1.86. The molecule has 104 valence electrons. The van der Waals surface area contributed by atoms with Gasteiger partial charge in [-0.1, -0.05) is 6.07 Å². The zero-order valence-electron chi connectivity index (χ0n) is 11.8. The van der Waals surface area contributed by atoms with Crippen LogP contribution in [0.25, 0.3) is 0 Å². The number of fused-ring (bicyclic) bond motifs is 1. The van der Waals surface area contributed by atoms with Crippen LogP contribution in [0.5, 0.6) is 5.75 Å². The molecule has 1 aliphatic heterocycles. The number of nitrogens with one attached hydrogen (secondary N) is 1. The number of hydrogen-bond donors (Lipinski definition) is 1. The van der Waals surface area contributed by atoms with Crippen LogP contribution in [0.3, 0.4) is 0 Å². The molecule has 1 fully saturated rings. The largest absolute Gasteiger partial charge is 0.494 e. The SMILES string of the molecule is CCOc1ccc2c(c1)C(N1CCNCC1)CCC2. The van der Waals surface area contributed by atoms with Crippen molar-refractivity contribution < 1.29 is 4.74 Å². The maximum atomic E-state index is 5.68. The molecule has 0 bridgehead atoms. The molecule has 0 saturated carbocycles. The van der Waals surface area contributed by atoms with Gasteiger partial charge in [0.2, 0.25) is 0 Å². The van der Waals surface area contributed by atoms with Gasteiger partial charge in [0, 0.05) is 32.2 Å². The summed E-state index contributed by atoms with van der Waals surface area (Å²) in [5, 5.41) is 3.44. The van der Waals surface area contributed by atoms with Gasteiger partial charge in [0.1, 0.15) is 5.75 Å². The molecule has 3 rings (SSSR count). The fourth-order valence-corrected chi connectivity index (χ4v) is 3.38. The van der Waals surface area contributed by atoms with Crippen LogP contribution in [0, 0.1) is 0 Å². The molecular weight excluding hydrogens is 236 g/mol. The number of benzene rings is 1. The molecule has 1 saturated heterocycles. The molecule has 1 aromatic carbocycles. The van der Waals surface area contributed by atoms with E-state index in [0.29, 0.717) is 6.04 Å². The van der Waals surface area contributed by atoms with Gasteiger partial charge in [0.25, 0.3) is 0 Å². The van der Waals surface area contributed by atoms with Gasteiger partial charge < -0.3 is 10.1 Å². The topological polar surface area (TPSA) is 24.5 Å². The van der Waals surface area contributed by atoms with Crippen LogP contribution in [0.1, 0.15) is 36.9 Å². The minimum atomic E-state index is 0.603. The molecule has 1 N–H and O–H groups in total. The minimum absolute atomic E-state index is 0.603. The summed E-state index contributed by atoms with van der Waals surface area (Å²) >= 11 is 0. The second-order valence-electron chi connectivity index (χ2n) is 5.49. The third-order valence-electron chi connectivity index (χ3n) is 4.30. The van der Waals surface area contributed by atoms with Crippen molar-refractivity contribution in [3.63, 3.8) is 0 Å². The van der Waals surface area contributed by atoms with E-state index in [4.69, 9.17) is 4.74 Å². The Hall–Kier alpha value is -1.06. The van der Waals surface area contributed by atoms with Crippen LogP contribution in [-0.2, 0) is 6.42 Å². The number of hydrogen-bond acceptors (Lipinski definition) is 3. The minimum Gasteiger partial charge on any atom is -0.494 e. The van der Waals surface area contributed by atoms with Crippen molar-refractivity contribution in [1.82, 2.24) is 10.2 Å². The zero-order valence-corrected chi connectivity index (χ0v) is 11.8. The summed E-state index contributed by atoms with van der Waals surface area (Å²) in [5.74, 6) is 1.03. The van der Waals surface area contributed by atoms with Crippen molar-refractivity contribution in [3.05, 3.63) is 29.3 Å². The quantitative estimate of drug-likeness (QED) is 0.903. The van der Waals surface area contributed by atoms with Crippen molar-refractivity contribution in [2.75, 3.05) is 32.8 Å². The lowest BCUT2D eigenvalue weighted by Gasteiger charge is -2.38. The summed E-state index contributed by atoms with van der Waals surface area (Å²) in [6, 6.07) is 7.29. The predicted molar refractivity (Wildman–Crippen MR) is 77.7 cm³/mol. The molecule has 1 aromatic rings. The maximum absolute atomic E-state index is 5.68. The number of rotatable bonds is 3. The third-order valence-corrected chi connectivity index (χ3v) is 4.30. The van der Waals surface area contributed by atoms with E-state index in [2.05, 4.69) is 28.4 Å². The first-order valence-corrected chi connectivity index (χ1v) is 7.59. The average molecular weight is 260 g/mol. The van der Waals surface area contributed by atoms with Gasteiger partial charge in [-0.05, 0) is 49.4 Å². The Kier molecular flexibility index (Phi) is 4.04. The second kappa shape index (κ2) is 5.93. The van der Waals surface area contributed by atoms with Crippen LogP contribution < -0.4 is 10.1 Å². The fraction of sp³-hybridized carbons (Fsp3) is 0.625. The van der Waals surface area contributed by atoms with Crippen LogP contribution in [-0.4, -0.2) is 37.7 Å². The van der Waals surface area contributed by atoms with E-state index < -0.39 is 0 Å². The third kappa shape index (κ3) is 2.77. The molecule has 0 radical (unpaired) electrons. The van der Waals surface area contributed by atoms with Gasteiger partial charge in [0.15, 0.2) is 0 Å². The lowest BCUT2D eigenvalue weighted by atomic mass is 9.86. The standard InChI is InChI=1S/C16H24N2O/c1-2-19-14-7-6-13-4-3-5-16(15(13)12-14)18-10-8-17-9-11-18/h6-7,12,16-17H,2-5,8-11H2,1H3. The molecule has 2 aliphatic rings. The molecule has 19 heavy (non-hydrogen) atoms. The van der Waals surface area contributed by atoms with Crippen LogP contribution in [0.2, 0.25) is 0 Å². The van der Waals surface area contributed by atoms with Crippen molar-refractivity contribution in [2.45, 2.75) is 32.2 Å². The lowest BCUT2D eigenvalue weighted by Crippen LogP contribution is -2.45. The Morgan fingerprint density at radius 2 is 2.16 bits per heavy atom. The van der Waals surface area contributed by atoms with Gasteiger partial charge in [-0.25, -0.2) is 0 Å². The van der Waals surface area contributed by atoms with Gasteiger partial charge in [-0.15, -0.1) is 0 Å². The molecule has 1 atom stereocenters. The fourth-order valence-electron chi connectivity index (χ4n) is 3.38. The summed E-state index contributed by atoms with van der Waals surface area (Å²) in [7, 11) is 0. The van der Waals surface area contributed by atoms with E-state index in [0.717, 1.165) is 25.4 Å². The molecule has 0 spiro atoms. The van der Waals surface area contributed by atoms with Gasteiger partial charge >= 0.3 is 0 Å². The van der Waals surface area contributed by atoms with Gasteiger partial charge in [-0.3, -0.25) is 4.90 Å². The van der Waals surface area contributed by atoms with E-state index in [9.17, 15) is 0 Å². The van der Waals surface area contributed by atoms with E-state index in [1.165, 1.54) is 43.5 Å². The van der Waals surface area contributed by atoms with Crippen LogP contribution in [0.4, 0.5) is 0 Å². The molecule has 0 aromatic heterocycles. The first-order valence-electron chi connectivity index (χ1n) is 7.59. The van der Waals surface area contributed by atoms with E-state index in [1.54, 1.807) is 0 Å². The molecule has 0 amide bonds. The summed E-state index contributed by atoms with van der Waals surface area (Å²) in [6.45, 7) is 7.38. The second-order valence-corrected chi connectivity index (χ2v) is 5.49. The highest BCUT2D eigenvalue weighted by atomic mass is 16.5. The van der Waals surface area contributed by atoms with Crippen molar-refractivity contribution in [2.24, 2.45) is 0 Å². The highest BCUT2D eigenvalue weighted by Gasteiger charge is 2.27. The number of piperazine rings is 1. The number of aryl methyl sites for hydroxylation is 1. The first-order chi connectivity index (χ1) is 9.38. The normalized spacial score (nSPS) is 23.9. The van der Waals surface area contributed by atoms with Crippen LogP contribution in [0.15, 0.2) is 18.2 Å². The Labute approximate surface area is 115 Å². The number of ether oxygens (including phenoxy) is 1. The van der Waals surface area contributed by atoms with Gasteiger partial charge in [-0.2, -0.15) is 0 Å². The summed E-state index contributed by atoms with van der Waals surface area (Å²) in [6.07, 6.45) is 3.84. The van der Waals surface area contributed by atoms with Crippen molar-refractivity contribution in [3.8, 4) is 5.75 Å². The lowest BCUT2D eigenvalue weighted by molar-refractivity contribution is 0.157. The monoisotopic (exact) mass is 260 g/mol. The number of nitrogens with zero attached hydrogens (tertiary/aromatic N) is 1. The van der Waals surface area contributed by atoms with Crippen molar-refractivity contribution >= 4 is 0 Å². The molecule has 1 unspecified atom stereocenters. The molecule has 1 heterocycles. The summed E-state index contributed by atoms with van der Waals surface area (Å²) < 4.78 is 5.68. The Bertz CT molecular complexity index is 427. The summed E-state index contributed by atoms with van der Waals surface area (Å²) in [4.78, 5) is 2.64. The molecule has 3 nitrogen and oxygen atoms in total. The molecule has 3 heteroatoms. The Morgan fingerprint density at radius 3 is 2.95 bits per heavy atom. The molecular formula is C16H24N2O. The van der Waals surface area contributed by atoms with Gasteiger partial charge in [0.05, 0.1) is 6.61 Å². The van der Waals surface area contributed by atoms with E-state index in [-0.39, 0.29) is 0 Å². The predicted octanol–water partition coefficient (Wildman–Crippen LogP) is 2.37. The highest BCUT2D eigenvalue weighted by molar-refractivity contribution is 5.39. The van der Waals surface area contributed by atoms with Crippen LogP contribution >= 0.6 is 0 Å². The zero-order chi connectivity index (χ0) is 13.1. The van der Waals surface area contributed by atoms with E-state index in [1.807, 2.05) is 6.92 Å². The molecule has 1 aliphatic carbocycles. The Morgan fingerprint density at radius 1 is 1.32 bits per heavy atom. The smallest absolute Gasteiger partial charge is 0.119 e. The highest BCUT2D eigenvalue weighted by Crippen LogP contribution is 2.36. The summed E-state index contributed by atoms with van der Waals surface area (Å²) in [5.41, 5.74) is 3.04. The van der Waals surface area contributed by atoms with Crippen molar-refractivity contribution in [1.29, 1.82) is 0 Å². The van der Waals surface area contributed by atoms with E-state index >= 15 is 0 Å². The first kappa shape index (κ1) is 12.9.